The van der Waals surface area contributed by atoms with Crippen molar-refractivity contribution in [3.8, 4) is 5.75 Å². The monoisotopic (exact) mass is 565 g/mol. The lowest BCUT2D eigenvalue weighted by molar-refractivity contribution is -0.113. The van der Waals surface area contributed by atoms with Gasteiger partial charge in [-0.05, 0) is 66.2 Å². The molecule has 4 aromatic carbocycles. The van der Waals surface area contributed by atoms with Gasteiger partial charge in [0.25, 0.3) is 11.8 Å². The van der Waals surface area contributed by atoms with E-state index < -0.39 is 11.8 Å². The Morgan fingerprint density at radius 1 is 0.829 bits per heavy atom. The van der Waals surface area contributed by atoms with Crippen molar-refractivity contribution in [3.05, 3.63) is 126 Å². The standard InChI is InChI=1S/C33H31N3O4S/c1-36(2)27-17-15-23(16-18-27)19-30(35-32(38)24-9-5-4-6-10-24)33(39)34-26-12-8-14-29(21-26)41-22-31(37)25-11-7-13-28(20-25)40-3/h4-21H,22H2,1-3H3,(H,34,39)(H,35,38)/b30-19-. The third kappa shape index (κ3) is 8.33. The van der Waals surface area contributed by atoms with Crippen molar-refractivity contribution in [2.75, 3.05) is 37.2 Å². The number of amides is 2. The molecule has 0 aliphatic heterocycles. The van der Waals surface area contributed by atoms with Crippen molar-refractivity contribution < 1.29 is 19.1 Å². The van der Waals surface area contributed by atoms with E-state index in [1.54, 1.807) is 79.9 Å². The van der Waals surface area contributed by atoms with Gasteiger partial charge in [0.05, 0.1) is 12.9 Å². The van der Waals surface area contributed by atoms with Gasteiger partial charge in [-0.1, -0.05) is 48.5 Å². The molecule has 0 bridgehead atoms. The summed E-state index contributed by atoms with van der Waals surface area (Å²) in [6.07, 6.45) is 1.64. The molecule has 0 aliphatic rings. The number of rotatable bonds is 11. The first kappa shape index (κ1) is 29.2. The molecule has 2 N–H and O–H groups in total. The van der Waals surface area contributed by atoms with Gasteiger partial charge in [-0.2, -0.15) is 0 Å². The Morgan fingerprint density at radius 3 is 2.24 bits per heavy atom. The average Bonchev–Trinajstić information content (AvgIpc) is 3.00. The molecule has 0 aliphatic carbocycles. The van der Waals surface area contributed by atoms with Crippen LogP contribution in [0, 0.1) is 0 Å². The predicted octanol–water partition coefficient (Wildman–Crippen LogP) is 6.15. The number of hydrogen-bond donors (Lipinski definition) is 2. The van der Waals surface area contributed by atoms with Crippen molar-refractivity contribution in [1.29, 1.82) is 0 Å². The number of nitrogens with one attached hydrogen (secondary N) is 2. The highest BCUT2D eigenvalue weighted by molar-refractivity contribution is 8.00. The molecule has 0 fully saturated rings. The van der Waals surface area contributed by atoms with Crippen LogP contribution in [-0.2, 0) is 4.79 Å². The maximum Gasteiger partial charge on any atom is 0.272 e. The summed E-state index contributed by atoms with van der Waals surface area (Å²) >= 11 is 1.37. The van der Waals surface area contributed by atoms with Crippen LogP contribution in [0.25, 0.3) is 6.08 Å². The fraction of sp³-hybridized carbons (Fsp3) is 0.121. The fourth-order valence-electron chi connectivity index (χ4n) is 3.87. The summed E-state index contributed by atoms with van der Waals surface area (Å²) < 4.78 is 5.21. The summed E-state index contributed by atoms with van der Waals surface area (Å²) in [6, 6.07) is 30.6. The zero-order valence-electron chi connectivity index (χ0n) is 23.1. The van der Waals surface area contributed by atoms with Crippen LogP contribution in [0.4, 0.5) is 11.4 Å². The van der Waals surface area contributed by atoms with E-state index in [4.69, 9.17) is 4.74 Å². The third-order valence-electron chi connectivity index (χ3n) is 6.10. The minimum absolute atomic E-state index is 0.0301. The highest BCUT2D eigenvalue weighted by Crippen LogP contribution is 2.24. The predicted molar refractivity (Wildman–Crippen MR) is 166 cm³/mol. The van der Waals surface area contributed by atoms with Gasteiger partial charge in [0.15, 0.2) is 5.78 Å². The molecule has 0 atom stereocenters. The summed E-state index contributed by atoms with van der Waals surface area (Å²) in [6.45, 7) is 0. The smallest absolute Gasteiger partial charge is 0.272 e. The third-order valence-corrected chi connectivity index (χ3v) is 7.10. The van der Waals surface area contributed by atoms with E-state index >= 15 is 0 Å². The van der Waals surface area contributed by atoms with Crippen LogP contribution in [0.3, 0.4) is 0 Å². The molecule has 0 saturated carbocycles. The minimum Gasteiger partial charge on any atom is -0.497 e. The lowest BCUT2D eigenvalue weighted by Gasteiger charge is -2.14. The van der Waals surface area contributed by atoms with Crippen LogP contribution in [-0.4, -0.2) is 44.6 Å². The van der Waals surface area contributed by atoms with E-state index in [-0.39, 0.29) is 17.2 Å². The Morgan fingerprint density at radius 2 is 1.54 bits per heavy atom. The molecule has 7 nitrogen and oxygen atoms in total. The van der Waals surface area contributed by atoms with Crippen LogP contribution >= 0.6 is 11.8 Å². The molecular weight excluding hydrogens is 534 g/mol. The van der Waals surface area contributed by atoms with Gasteiger partial charge in [0, 0.05) is 41.5 Å². The molecule has 41 heavy (non-hydrogen) atoms. The molecule has 0 heterocycles. The number of carbonyl (C=O) groups excluding carboxylic acids is 3. The van der Waals surface area contributed by atoms with Gasteiger partial charge in [0.2, 0.25) is 0 Å². The number of ether oxygens (including phenoxy) is 1. The molecule has 0 unspecified atom stereocenters. The first-order valence-corrected chi connectivity index (χ1v) is 13.9. The topological polar surface area (TPSA) is 87.7 Å². The van der Waals surface area contributed by atoms with Crippen molar-refractivity contribution >= 4 is 46.8 Å². The van der Waals surface area contributed by atoms with Gasteiger partial charge >= 0.3 is 0 Å². The zero-order valence-corrected chi connectivity index (χ0v) is 23.9. The number of Topliss-reactive ketones (excluding diaryl/α,β-unsaturated/α-hetero) is 1. The second-order valence-corrected chi connectivity index (χ2v) is 10.3. The van der Waals surface area contributed by atoms with Crippen molar-refractivity contribution in [2.24, 2.45) is 0 Å². The maximum atomic E-state index is 13.4. The van der Waals surface area contributed by atoms with E-state index in [2.05, 4.69) is 10.6 Å². The van der Waals surface area contributed by atoms with Crippen molar-refractivity contribution in [1.82, 2.24) is 5.32 Å². The number of ketones is 1. The lowest BCUT2D eigenvalue weighted by Crippen LogP contribution is -2.30. The van der Waals surface area contributed by atoms with Crippen LogP contribution in [0.2, 0.25) is 0 Å². The molecule has 0 saturated heterocycles. The Balaban J connectivity index is 1.49. The summed E-state index contributed by atoms with van der Waals surface area (Å²) in [5.74, 6) is -0.0380. The number of benzene rings is 4. The highest BCUT2D eigenvalue weighted by atomic mass is 32.2. The second-order valence-electron chi connectivity index (χ2n) is 9.29. The second kappa shape index (κ2) is 14.0. The first-order chi connectivity index (χ1) is 19.8. The number of hydrogen-bond acceptors (Lipinski definition) is 6. The zero-order chi connectivity index (χ0) is 29.2. The van der Waals surface area contributed by atoms with E-state index in [0.29, 0.717) is 22.6 Å². The Labute approximate surface area is 244 Å². The fourth-order valence-corrected chi connectivity index (χ4v) is 4.72. The van der Waals surface area contributed by atoms with E-state index in [1.165, 1.54) is 11.8 Å². The normalized spacial score (nSPS) is 11.0. The molecule has 4 rings (SSSR count). The molecule has 0 spiro atoms. The van der Waals surface area contributed by atoms with E-state index in [0.717, 1.165) is 16.1 Å². The molecule has 8 heteroatoms. The van der Waals surface area contributed by atoms with Crippen molar-refractivity contribution in [3.63, 3.8) is 0 Å². The quantitative estimate of drug-likeness (QED) is 0.129. The maximum absolute atomic E-state index is 13.4. The van der Waals surface area contributed by atoms with Crippen LogP contribution < -0.4 is 20.3 Å². The number of carbonyl (C=O) groups is 3. The molecule has 208 valence electrons. The number of thioether (sulfide) groups is 1. The summed E-state index contributed by atoms with van der Waals surface area (Å²) in [5, 5.41) is 5.64. The molecule has 2 amide bonds. The highest BCUT2D eigenvalue weighted by Gasteiger charge is 2.16. The van der Waals surface area contributed by atoms with Crippen LogP contribution in [0.5, 0.6) is 5.75 Å². The van der Waals surface area contributed by atoms with Gasteiger partial charge in [-0.3, -0.25) is 14.4 Å². The Bertz CT molecular complexity index is 1550. The Hall–Kier alpha value is -4.82. The van der Waals surface area contributed by atoms with Crippen molar-refractivity contribution in [2.45, 2.75) is 4.90 Å². The van der Waals surface area contributed by atoms with Crippen LogP contribution in [0.15, 0.2) is 114 Å². The van der Waals surface area contributed by atoms with Gasteiger partial charge < -0.3 is 20.3 Å². The summed E-state index contributed by atoms with van der Waals surface area (Å²) in [5.41, 5.74) is 3.42. The number of nitrogens with zero attached hydrogens (tertiary/aromatic N) is 1. The number of anilines is 2. The molecule has 0 radical (unpaired) electrons. The van der Waals surface area contributed by atoms with Gasteiger partial charge in [-0.25, -0.2) is 0 Å². The number of methoxy groups -OCH3 is 1. The SMILES string of the molecule is COc1cccc(C(=O)CSc2cccc(NC(=O)/C(=C/c3ccc(N(C)C)cc3)NC(=O)c3ccccc3)c2)c1. The molecular formula is C33H31N3O4S. The van der Waals surface area contributed by atoms with Gasteiger partial charge in [0.1, 0.15) is 11.4 Å². The largest absolute Gasteiger partial charge is 0.497 e. The molecule has 0 aromatic heterocycles. The van der Waals surface area contributed by atoms with Gasteiger partial charge in [-0.15, -0.1) is 11.8 Å². The minimum atomic E-state index is -0.472. The first-order valence-electron chi connectivity index (χ1n) is 12.9. The van der Waals surface area contributed by atoms with Crippen LogP contribution in [0.1, 0.15) is 26.3 Å². The molecule has 4 aromatic rings. The van der Waals surface area contributed by atoms with E-state index in [9.17, 15) is 14.4 Å². The average molecular weight is 566 g/mol. The Kier molecular flexibility index (Phi) is 9.96. The summed E-state index contributed by atoms with van der Waals surface area (Å²) in [7, 11) is 5.46. The lowest BCUT2D eigenvalue weighted by atomic mass is 10.1. The summed E-state index contributed by atoms with van der Waals surface area (Å²) in [4.78, 5) is 41.8. The van der Waals surface area contributed by atoms with E-state index in [1.807, 2.05) is 55.4 Å².